The van der Waals surface area contributed by atoms with Crippen LogP contribution in [0.3, 0.4) is 0 Å². The fraction of sp³-hybridized carbons (Fsp3) is 0.353. The Kier molecular flexibility index (Phi) is 4.66. The molecule has 26 heavy (non-hydrogen) atoms. The maximum absolute atomic E-state index is 13.5. The Hall–Kier alpha value is -2.55. The van der Waals surface area contributed by atoms with Gasteiger partial charge in [0, 0.05) is 17.4 Å². The molecule has 0 spiro atoms. The summed E-state index contributed by atoms with van der Waals surface area (Å²) in [4.78, 5) is 0. The number of halogens is 1. The molecule has 0 fully saturated rings. The fourth-order valence-electron chi connectivity index (χ4n) is 2.51. The van der Waals surface area contributed by atoms with Crippen LogP contribution in [0, 0.1) is 5.82 Å². The number of sulfone groups is 1. The normalized spacial score (nSPS) is 12.5. The Balaban J connectivity index is 1.90. The van der Waals surface area contributed by atoms with Crippen LogP contribution in [0.25, 0.3) is 17.0 Å². The topological polar surface area (TPSA) is 89.2 Å². The summed E-state index contributed by atoms with van der Waals surface area (Å²) in [7, 11) is -3.04. The Morgan fingerprint density at radius 1 is 1.19 bits per heavy atom. The summed E-state index contributed by atoms with van der Waals surface area (Å²) in [5.41, 5.74) is 0.624. The van der Waals surface area contributed by atoms with Gasteiger partial charge < -0.3 is 5.32 Å². The van der Waals surface area contributed by atoms with E-state index in [9.17, 15) is 12.8 Å². The summed E-state index contributed by atoms with van der Waals surface area (Å²) < 4.78 is 37.8. The highest BCUT2D eigenvalue weighted by atomic mass is 32.2. The zero-order valence-electron chi connectivity index (χ0n) is 14.8. The molecule has 1 aromatic carbocycles. The van der Waals surface area contributed by atoms with Crippen LogP contribution in [0.4, 0.5) is 10.2 Å². The maximum atomic E-state index is 13.5. The molecule has 0 saturated carbocycles. The number of anilines is 1. The van der Waals surface area contributed by atoms with Gasteiger partial charge in [-0.15, -0.1) is 15.3 Å². The van der Waals surface area contributed by atoms with Crippen LogP contribution < -0.4 is 5.32 Å². The Bertz CT molecular complexity index is 1050. The summed E-state index contributed by atoms with van der Waals surface area (Å²) in [5.74, 6) is 0.692. The summed E-state index contributed by atoms with van der Waals surface area (Å²) in [5, 5.41) is 15.9. The van der Waals surface area contributed by atoms with Crippen molar-refractivity contribution in [3.8, 4) is 11.4 Å². The molecule has 7 nitrogen and oxygen atoms in total. The third kappa shape index (κ3) is 4.34. The van der Waals surface area contributed by atoms with Gasteiger partial charge in [-0.2, -0.15) is 4.52 Å². The molecule has 0 radical (unpaired) electrons. The predicted molar refractivity (Wildman–Crippen MR) is 98.2 cm³/mol. The molecule has 3 rings (SSSR count). The van der Waals surface area contributed by atoms with Crippen molar-refractivity contribution in [1.29, 1.82) is 0 Å². The fourth-order valence-corrected chi connectivity index (χ4v) is 3.39. The lowest BCUT2D eigenvalue weighted by Gasteiger charge is -2.26. The van der Waals surface area contributed by atoms with E-state index in [1.165, 1.54) is 22.9 Å². The van der Waals surface area contributed by atoms with Gasteiger partial charge in [0.1, 0.15) is 21.5 Å². The average Bonchev–Trinajstić information content (AvgIpc) is 2.95. The van der Waals surface area contributed by atoms with E-state index in [0.717, 1.165) is 0 Å². The number of benzene rings is 1. The van der Waals surface area contributed by atoms with Crippen molar-refractivity contribution < 1.29 is 12.8 Å². The van der Waals surface area contributed by atoms with E-state index in [-0.39, 0.29) is 11.6 Å². The van der Waals surface area contributed by atoms with Crippen LogP contribution in [-0.4, -0.2) is 45.8 Å². The molecule has 2 heterocycles. The maximum Gasteiger partial charge on any atom is 0.185 e. The molecule has 0 bridgehead atoms. The van der Waals surface area contributed by atoms with Crippen LogP contribution in [0.2, 0.25) is 0 Å². The largest absolute Gasteiger partial charge is 0.364 e. The SMILES string of the molecule is CC(C)(CCS(C)(=O)=O)Nc1ccc2nnc(-c3cccc(F)c3)n2n1. The highest BCUT2D eigenvalue weighted by molar-refractivity contribution is 7.90. The summed E-state index contributed by atoms with van der Waals surface area (Å²) in [6, 6.07) is 9.56. The van der Waals surface area contributed by atoms with E-state index < -0.39 is 15.4 Å². The Labute approximate surface area is 151 Å². The summed E-state index contributed by atoms with van der Waals surface area (Å²) in [6.45, 7) is 3.81. The zero-order valence-corrected chi connectivity index (χ0v) is 15.6. The minimum absolute atomic E-state index is 0.0798. The molecule has 138 valence electrons. The predicted octanol–water partition coefficient (Wildman–Crippen LogP) is 2.56. The van der Waals surface area contributed by atoms with Crippen LogP contribution in [0.15, 0.2) is 36.4 Å². The van der Waals surface area contributed by atoms with Crippen molar-refractivity contribution in [1.82, 2.24) is 19.8 Å². The number of fused-ring (bicyclic) bond motifs is 1. The van der Waals surface area contributed by atoms with E-state index >= 15 is 0 Å². The van der Waals surface area contributed by atoms with Crippen LogP contribution in [0.1, 0.15) is 20.3 Å². The van der Waals surface area contributed by atoms with Gasteiger partial charge in [0.25, 0.3) is 0 Å². The molecule has 3 aromatic rings. The van der Waals surface area contributed by atoms with Crippen LogP contribution in [-0.2, 0) is 9.84 Å². The van der Waals surface area contributed by atoms with Crippen molar-refractivity contribution in [2.45, 2.75) is 25.8 Å². The molecular formula is C17H20FN5O2S. The second-order valence-electron chi connectivity index (χ2n) is 6.91. The molecule has 0 amide bonds. The first kappa shape index (κ1) is 18.2. The van der Waals surface area contributed by atoms with Gasteiger partial charge in [-0.05, 0) is 44.5 Å². The lowest BCUT2D eigenvalue weighted by molar-refractivity contribution is 0.532. The first-order valence-electron chi connectivity index (χ1n) is 8.07. The number of rotatable bonds is 6. The van der Waals surface area contributed by atoms with E-state index in [0.29, 0.717) is 29.3 Å². The van der Waals surface area contributed by atoms with Gasteiger partial charge in [0.2, 0.25) is 0 Å². The molecule has 0 atom stereocenters. The lowest BCUT2D eigenvalue weighted by Crippen LogP contribution is -2.33. The minimum Gasteiger partial charge on any atom is -0.364 e. The quantitative estimate of drug-likeness (QED) is 0.710. The van der Waals surface area contributed by atoms with Gasteiger partial charge in [-0.25, -0.2) is 12.8 Å². The Morgan fingerprint density at radius 2 is 1.96 bits per heavy atom. The van der Waals surface area contributed by atoms with Crippen LogP contribution in [0.5, 0.6) is 0 Å². The smallest absolute Gasteiger partial charge is 0.185 e. The lowest BCUT2D eigenvalue weighted by atomic mass is 10.0. The second-order valence-corrected chi connectivity index (χ2v) is 9.17. The van der Waals surface area contributed by atoms with E-state index in [4.69, 9.17) is 0 Å². The number of hydrogen-bond acceptors (Lipinski definition) is 6. The minimum atomic E-state index is -3.04. The van der Waals surface area contributed by atoms with Gasteiger partial charge in [0.15, 0.2) is 11.5 Å². The van der Waals surface area contributed by atoms with Crippen molar-refractivity contribution >= 4 is 21.3 Å². The van der Waals surface area contributed by atoms with Gasteiger partial charge >= 0.3 is 0 Å². The molecule has 1 N–H and O–H groups in total. The number of hydrogen-bond donors (Lipinski definition) is 1. The zero-order chi connectivity index (χ0) is 18.9. The first-order chi connectivity index (χ1) is 12.1. The van der Waals surface area contributed by atoms with Crippen LogP contribution >= 0.6 is 0 Å². The molecule has 9 heteroatoms. The third-order valence-electron chi connectivity index (χ3n) is 3.91. The second kappa shape index (κ2) is 6.64. The van der Waals surface area contributed by atoms with E-state index in [1.54, 1.807) is 24.3 Å². The molecule has 0 aliphatic heterocycles. The number of nitrogens with one attached hydrogen (secondary N) is 1. The van der Waals surface area contributed by atoms with Crippen molar-refractivity contribution in [3.05, 3.63) is 42.2 Å². The summed E-state index contributed by atoms with van der Waals surface area (Å²) >= 11 is 0. The average molecular weight is 377 g/mol. The van der Waals surface area contributed by atoms with E-state index in [1.807, 2.05) is 13.8 Å². The van der Waals surface area contributed by atoms with Gasteiger partial charge in [-0.1, -0.05) is 12.1 Å². The highest BCUT2D eigenvalue weighted by Crippen LogP contribution is 2.21. The Morgan fingerprint density at radius 3 is 2.65 bits per heavy atom. The van der Waals surface area contributed by atoms with E-state index in [2.05, 4.69) is 20.6 Å². The number of aromatic nitrogens is 4. The monoisotopic (exact) mass is 377 g/mol. The molecule has 0 saturated heterocycles. The van der Waals surface area contributed by atoms with Gasteiger partial charge in [-0.3, -0.25) is 0 Å². The van der Waals surface area contributed by atoms with Gasteiger partial charge in [0.05, 0.1) is 5.75 Å². The molecular weight excluding hydrogens is 357 g/mol. The van der Waals surface area contributed by atoms with Crippen molar-refractivity contribution in [2.75, 3.05) is 17.3 Å². The molecule has 2 aromatic heterocycles. The highest BCUT2D eigenvalue weighted by Gasteiger charge is 2.21. The standard InChI is InChI=1S/C17H20FN5O2S/c1-17(2,9-10-26(3,24)25)19-14-7-8-15-20-21-16(23(15)22-14)12-5-4-6-13(18)11-12/h4-8,11H,9-10H2,1-3H3,(H,19,22). The van der Waals surface area contributed by atoms with Crippen molar-refractivity contribution in [3.63, 3.8) is 0 Å². The molecule has 0 aliphatic carbocycles. The number of nitrogens with zero attached hydrogens (tertiary/aromatic N) is 4. The van der Waals surface area contributed by atoms with Crippen molar-refractivity contribution in [2.24, 2.45) is 0 Å². The first-order valence-corrected chi connectivity index (χ1v) is 10.1. The third-order valence-corrected chi connectivity index (χ3v) is 4.86. The summed E-state index contributed by atoms with van der Waals surface area (Å²) in [6.07, 6.45) is 1.65. The molecule has 0 unspecified atom stereocenters. The molecule has 0 aliphatic rings.